The first-order chi connectivity index (χ1) is 23.6. The average Bonchev–Trinajstić information content (AvgIpc) is 3.37. The highest BCUT2D eigenvalue weighted by molar-refractivity contribution is 9.10. The van der Waals surface area contributed by atoms with Gasteiger partial charge in [0.05, 0.1) is 48.8 Å². The van der Waals surface area contributed by atoms with Crippen molar-refractivity contribution in [1.82, 2.24) is 4.57 Å². The number of allylic oxidation sites excluding steroid dienone is 2. The number of benzene rings is 3. The highest BCUT2D eigenvalue weighted by atomic mass is 79.9. The summed E-state index contributed by atoms with van der Waals surface area (Å²) in [5.41, 5.74) is 3.71. The number of nitrogens with zero attached hydrogens (tertiary/aromatic N) is 2. The molecule has 1 aliphatic heterocycles. The number of esters is 1. The Kier molecular flexibility index (Phi) is 11.5. The first-order valence-electron chi connectivity index (χ1n) is 15.8. The van der Waals surface area contributed by atoms with Gasteiger partial charge in [0.15, 0.2) is 27.8 Å². The van der Waals surface area contributed by atoms with Gasteiger partial charge in [0.2, 0.25) is 0 Å². The number of fused-ring (bicyclic) bond motifs is 1. The maximum atomic E-state index is 14.3. The van der Waals surface area contributed by atoms with Crippen LogP contribution in [0.25, 0.3) is 6.08 Å². The smallest absolute Gasteiger partial charge is 0.338 e. The van der Waals surface area contributed by atoms with Gasteiger partial charge in [0.25, 0.3) is 5.56 Å². The van der Waals surface area contributed by atoms with E-state index in [9.17, 15) is 9.59 Å². The molecule has 5 rings (SSSR count). The van der Waals surface area contributed by atoms with Crippen molar-refractivity contribution in [1.29, 1.82) is 0 Å². The van der Waals surface area contributed by atoms with Gasteiger partial charge in [0, 0.05) is 10.0 Å². The van der Waals surface area contributed by atoms with Crippen molar-refractivity contribution < 1.29 is 28.5 Å². The zero-order valence-corrected chi connectivity index (χ0v) is 30.8. The molecule has 2 heterocycles. The average molecular weight is 748 g/mol. The van der Waals surface area contributed by atoms with Crippen LogP contribution in [0.3, 0.4) is 0 Å². The minimum atomic E-state index is -0.806. The first-order valence-corrected chi connectivity index (χ1v) is 17.4. The number of carbonyl (C=O) groups excluding carboxylic acids is 1. The van der Waals surface area contributed by atoms with Crippen molar-refractivity contribution in [3.8, 4) is 23.0 Å². The van der Waals surface area contributed by atoms with Gasteiger partial charge >= 0.3 is 5.97 Å². The molecule has 11 heteroatoms. The molecule has 4 aromatic rings. The number of halogens is 1. The Labute approximate surface area is 297 Å². The monoisotopic (exact) mass is 746 g/mol. The van der Waals surface area contributed by atoms with Gasteiger partial charge in [0.1, 0.15) is 6.61 Å². The van der Waals surface area contributed by atoms with Crippen LogP contribution in [-0.4, -0.2) is 37.5 Å². The topological polar surface area (TPSA) is 97.6 Å². The molecule has 0 saturated carbocycles. The Hall–Kier alpha value is -4.61. The minimum absolute atomic E-state index is 0.0765. The summed E-state index contributed by atoms with van der Waals surface area (Å²) in [5, 5.41) is 0. The van der Waals surface area contributed by atoms with E-state index in [2.05, 4.69) is 22.5 Å². The Morgan fingerprint density at radius 3 is 2.45 bits per heavy atom. The van der Waals surface area contributed by atoms with Crippen LogP contribution in [0.4, 0.5) is 0 Å². The van der Waals surface area contributed by atoms with Crippen molar-refractivity contribution in [2.45, 2.75) is 52.9 Å². The third-order valence-corrected chi connectivity index (χ3v) is 9.23. The van der Waals surface area contributed by atoms with E-state index in [1.807, 2.05) is 56.3 Å². The van der Waals surface area contributed by atoms with Gasteiger partial charge in [-0.2, -0.15) is 0 Å². The molecule has 0 radical (unpaired) electrons. The second kappa shape index (κ2) is 15.7. The van der Waals surface area contributed by atoms with Crippen molar-refractivity contribution in [3.05, 3.63) is 125 Å². The molecule has 0 unspecified atom stereocenters. The fourth-order valence-corrected chi connectivity index (χ4v) is 6.90. The van der Waals surface area contributed by atoms with Gasteiger partial charge in [-0.25, -0.2) is 9.79 Å². The summed E-state index contributed by atoms with van der Waals surface area (Å²) < 4.78 is 32.0. The number of aromatic nitrogens is 1. The SMILES string of the molecule is C=CCc1cc(/C=c2\sc3n(c2=O)[C@@H](c2ccc(OC(C)C)c(OC)c2)C(C(=O)OCC)=C(C)N=3)cc(OC)c1OCc1ccc(Br)cc1. The van der Waals surface area contributed by atoms with Crippen LogP contribution < -0.4 is 33.8 Å². The molecule has 49 heavy (non-hydrogen) atoms. The predicted octanol–water partition coefficient (Wildman–Crippen LogP) is 6.67. The van der Waals surface area contributed by atoms with Crippen LogP contribution in [0.5, 0.6) is 23.0 Å². The summed E-state index contributed by atoms with van der Waals surface area (Å²) in [6, 6.07) is 16.3. The van der Waals surface area contributed by atoms with E-state index in [0.29, 0.717) is 56.6 Å². The standard InChI is InChI=1S/C38H39BrN2O7S/c1-8-10-27-17-25(18-31(45-7)35(27)47-21-24-11-14-28(39)15-12-24)19-32-36(42)41-34(26-13-16-29(48-22(3)4)30(20-26)44-6)33(37(43)46-9-2)23(5)40-38(41)49-32/h8,11-20,22,34H,1,9-10,21H2,2-7H3/b32-19-/t34-/m0/s1. The number of methoxy groups -OCH3 is 2. The van der Waals surface area contributed by atoms with E-state index in [1.54, 1.807) is 56.9 Å². The molecular weight excluding hydrogens is 708 g/mol. The van der Waals surface area contributed by atoms with E-state index < -0.39 is 12.0 Å². The second-order valence-corrected chi connectivity index (χ2v) is 13.4. The first kappa shape index (κ1) is 35.7. The van der Waals surface area contributed by atoms with Crippen molar-refractivity contribution in [2.24, 2.45) is 4.99 Å². The van der Waals surface area contributed by atoms with Crippen molar-refractivity contribution >= 4 is 39.3 Å². The number of hydrogen-bond acceptors (Lipinski definition) is 9. The number of ether oxygens (including phenoxy) is 5. The summed E-state index contributed by atoms with van der Waals surface area (Å²) in [6.07, 6.45) is 4.05. The van der Waals surface area contributed by atoms with E-state index in [4.69, 9.17) is 28.7 Å². The summed E-state index contributed by atoms with van der Waals surface area (Å²) >= 11 is 4.71. The molecule has 3 aromatic carbocycles. The van der Waals surface area contributed by atoms with Crippen LogP contribution >= 0.6 is 27.3 Å². The minimum Gasteiger partial charge on any atom is -0.493 e. The van der Waals surface area contributed by atoms with Crippen LogP contribution in [0, 0.1) is 0 Å². The lowest BCUT2D eigenvalue weighted by Gasteiger charge is -2.25. The molecule has 1 atom stereocenters. The van der Waals surface area contributed by atoms with Crippen LogP contribution in [0.1, 0.15) is 56.0 Å². The summed E-state index contributed by atoms with van der Waals surface area (Å²) in [7, 11) is 3.14. The fraction of sp³-hybridized carbons (Fsp3) is 0.289. The predicted molar refractivity (Wildman–Crippen MR) is 195 cm³/mol. The maximum absolute atomic E-state index is 14.3. The maximum Gasteiger partial charge on any atom is 0.338 e. The van der Waals surface area contributed by atoms with Crippen LogP contribution in [0.2, 0.25) is 0 Å². The molecule has 0 amide bonds. The van der Waals surface area contributed by atoms with Crippen molar-refractivity contribution in [2.75, 3.05) is 20.8 Å². The Morgan fingerprint density at radius 1 is 1.06 bits per heavy atom. The molecular formula is C38H39BrN2O7S. The van der Waals surface area contributed by atoms with Gasteiger partial charge in [-0.15, -0.1) is 6.58 Å². The fourth-order valence-electron chi connectivity index (χ4n) is 5.59. The zero-order chi connectivity index (χ0) is 35.2. The molecule has 0 bridgehead atoms. The second-order valence-electron chi connectivity index (χ2n) is 11.5. The van der Waals surface area contributed by atoms with Crippen LogP contribution in [0.15, 0.2) is 92.8 Å². The van der Waals surface area contributed by atoms with Gasteiger partial charge in [-0.1, -0.05) is 51.5 Å². The zero-order valence-electron chi connectivity index (χ0n) is 28.4. The summed E-state index contributed by atoms with van der Waals surface area (Å²) in [6.45, 7) is 11.8. The van der Waals surface area contributed by atoms with Gasteiger partial charge in [-0.3, -0.25) is 9.36 Å². The molecule has 256 valence electrons. The summed E-state index contributed by atoms with van der Waals surface area (Å²) in [5.74, 6) is 1.64. The largest absolute Gasteiger partial charge is 0.493 e. The van der Waals surface area contributed by atoms with Gasteiger partial charge in [-0.05, 0) is 93.3 Å². The van der Waals surface area contributed by atoms with E-state index in [1.165, 1.54) is 11.3 Å². The molecule has 9 nitrogen and oxygen atoms in total. The highest BCUT2D eigenvalue weighted by Gasteiger charge is 2.34. The lowest BCUT2D eigenvalue weighted by Crippen LogP contribution is -2.40. The Balaban J connectivity index is 1.62. The lowest BCUT2D eigenvalue weighted by molar-refractivity contribution is -0.139. The number of thiazole rings is 1. The van der Waals surface area contributed by atoms with E-state index in [-0.39, 0.29) is 23.8 Å². The lowest BCUT2D eigenvalue weighted by atomic mass is 9.95. The quantitative estimate of drug-likeness (QED) is 0.111. The molecule has 0 saturated heterocycles. The van der Waals surface area contributed by atoms with Crippen molar-refractivity contribution in [3.63, 3.8) is 0 Å². The number of rotatable bonds is 13. The normalized spacial score (nSPS) is 14.3. The molecule has 1 aromatic heterocycles. The third kappa shape index (κ3) is 7.84. The molecule has 0 fully saturated rings. The Morgan fingerprint density at radius 2 is 1.80 bits per heavy atom. The highest BCUT2D eigenvalue weighted by Crippen LogP contribution is 2.37. The van der Waals surface area contributed by atoms with E-state index >= 15 is 0 Å². The van der Waals surface area contributed by atoms with Crippen LogP contribution in [-0.2, 0) is 22.6 Å². The third-order valence-electron chi connectivity index (χ3n) is 7.72. The van der Waals surface area contributed by atoms with Gasteiger partial charge < -0.3 is 23.7 Å². The Bertz CT molecular complexity index is 2080. The van der Waals surface area contributed by atoms with E-state index in [0.717, 1.165) is 21.2 Å². The number of carbonyl (C=O) groups is 1. The molecule has 0 spiro atoms. The molecule has 0 N–H and O–H groups in total. The number of hydrogen-bond donors (Lipinski definition) is 0. The molecule has 0 aliphatic carbocycles. The summed E-state index contributed by atoms with van der Waals surface area (Å²) in [4.78, 5) is 32.8. The molecule has 1 aliphatic rings.